The molecule has 0 saturated carbocycles. The van der Waals surface area contributed by atoms with Crippen LogP contribution in [0.3, 0.4) is 0 Å². The highest BCUT2D eigenvalue weighted by molar-refractivity contribution is 7.15. The fourth-order valence-corrected chi connectivity index (χ4v) is 2.63. The maximum atomic E-state index is 5.70. The van der Waals surface area contributed by atoms with Crippen LogP contribution >= 0.6 is 11.3 Å². The maximum Gasteiger partial charge on any atom is 0.257 e. The smallest absolute Gasteiger partial charge is 0.257 e. The lowest BCUT2D eigenvalue weighted by Gasteiger charge is -2.19. The molecule has 0 aliphatic rings. The Balaban J connectivity index is 1.99. The van der Waals surface area contributed by atoms with E-state index >= 15 is 0 Å². The number of nitrogens with one attached hydrogen (secondary N) is 1. The molecule has 1 N–H and O–H groups in total. The zero-order valence-electron chi connectivity index (χ0n) is 12.2. The number of hydrogen-bond acceptors (Lipinski definition) is 5. The van der Waals surface area contributed by atoms with Gasteiger partial charge in [-0.25, -0.2) is 0 Å². The second-order valence-corrected chi connectivity index (χ2v) is 7.03. The largest absolute Gasteiger partial charge is 0.420 e. The van der Waals surface area contributed by atoms with Gasteiger partial charge in [0.25, 0.3) is 5.89 Å². The van der Waals surface area contributed by atoms with E-state index in [0.717, 1.165) is 17.8 Å². The fraction of sp³-hybridized carbons (Fsp3) is 0.571. The van der Waals surface area contributed by atoms with Crippen LogP contribution in [-0.2, 0) is 6.42 Å². The van der Waals surface area contributed by atoms with Crippen LogP contribution in [0.1, 0.15) is 37.1 Å². The first kappa shape index (κ1) is 14.2. The second kappa shape index (κ2) is 5.43. The molecule has 0 spiro atoms. The van der Waals surface area contributed by atoms with Gasteiger partial charge in [0.15, 0.2) is 0 Å². The van der Waals surface area contributed by atoms with Crippen molar-refractivity contribution in [1.29, 1.82) is 0 Å². The third-order valence-electron chi connectivity index (χ3n) is 2.84. The molecule has 2 aromatic rings. The van der Waals surface area contributed by atoms with Crippen molar-refractivity contribution in [3.8, 4) is 10.8 Å². The van der Waals surface area contributed by atoms with Crippen molar-refractivity contribution in [1.82, 2.24) is 15.5 Å². The Bertz CT molecular complexity index is 532. The van der Waals surface area contributed by atoms with Gasteiger partial charge in [0, 0.05) is 23.4 Å². The number of thiophene rings is 1. The van der Waals surface area contributed by atoms with Gasteiger partial charge in [-0.3, -0.25) is 0 Å². The Morgan fingerprint density at radius 3 is 2.58 bits per heavy atom. The summed E-state index contributed by atoms with van der Waals surface area (Å²) in [6.07, 6.45) is 0.758. The van der Waals surface area contributed by atoms with Gasteiger partial charge >= 0.3 is 0 Å². The Kier molecular flexibility index (Phi) is 4.06. The third kappa shape index (κ3) is 3.88. The molecule has 0 saturated heterocycles. The third-order valence-corrected chi connectivity index (χ3v) is 3.98. The maximum absolute atomic E-state index is 5.70. The normalized spacial score (nSPS) is 12.1. The number of rotatable bonds is 4. The quantitative estimate of drug-likeness (QED) is 0.932. The molecule has 0 atom stereocenters. The van der Waals surface area contributed by atoms with Crippen molar-refractivity contribution in [2.45, 2.75) is 46.6 Å². The molecule has 0 unspecified atom stereocenters. The van der Waals surface area contributed by atoms with Gasteiger partial charge in [0.1, 0.15) is 0 Å². The minimum absolute atomic E-state index is 0.116. The summed E-state index contributed by atoms with van der Waals surface area (Å²) in [5, 5.41) is 11.6. The van der Waals surface area contributed by atoms with Gasteiger partial charge in [-0.1, -0.05) is 0 Å². The summed E-state index contributed by atoms with van der Waals surface area (Å²) in [5.74, 6) is 1.32. The fourth-order valence-electron chi connectivity index (χ4n) is 1.68. The zero-order valence-corrected chi connectivity index (χ0v) is 13.0. The molecule has 104 valence electrons. The van der Waals surface area contributed by atoms with E-state index in [1.165, 1.54) is 10.4 Å². The topological polar surface area (TPSA) is 51.0 Å². The van der Waals surface area contributed by atoms with Crippen molar-refractivity contribution >= 4 is 11.3 Å². The van der Waals surface area contributed by atoms with E-state index in [1.807, 2.05) is 0 Å². The predicted octanol–water partition coefficient (Wildman–Crippen LogP) is 3.35. The number of hydrogen-bond donors (Lipinski definition) is 1. The van der Waals surface area contributed by atoms with Gasteiger partial charge in [0.05, 0.1) is 4.88 Å². The predicted molar refractivity (Wildman–Crippen MR) is 78.5 cm³/mol. The molecule has 2 heterocycles. The van der Waals surface area contributed by atoms with E-state index in [4.69, 9.17) is 4.42 Å². The number of nitrogens with zero attached hydrogens (tertiary/aromatic N) is 2. The Morgan fingerprint density at radius 2 is 2.00 bits per heavy atom. The van der Waals surface area contributed by atoms with E-state index in [0.29, 0.717) is 11.8 Å². The van der Waals surface area contributed by atoms with E-state index < -0.39 is 0 Å². The average molecular weight is 279 g/mol. The molecule has 2 rings (SSSR count). The second-order valence-electron chi connectivity index (χ2n) is 5.78. The Morgan fingerprint density at radius 1 is 1.26 bits per heavy atom. The highest BCUT2D eigenvalue weighted by Crippen LogP contribution is 2.29. The van der Waals surface area contributed by atoms with Crippen LogP contribution in [0.2, 0.25) is 0 Å². The van der Waals surface area contributed by atoms with Crippen molar-refractivity contribution in [2.75, 3.05) is 6.54 Å². The lowest BCUT2D eigenvalue weighted by molar-refractivity contribution is 0.412. The molecule has 0 amide bonds. The van der Waals surface area contributed by atoms with Crippen LogP contribution < -0.4 is 5.32 Å². The highest BCUT2D eigenvalue weighted by atomic mass is 32.1. The van der Waals surface area contributed by atoms with Crippen molar-refractivity contribution in [3.63, 3.8) is 0 Å². The van der Waals surface area contributed by atoms with Crippen LogP contribution in [0, 0.1) is 13.8 Å². The van der Waals surface area contributed by atoms with E-state index in [-0.39, 0.29) is 5.54 Å². The summed E-state index contributed by atoms with van der Waals surface area (Å²) in [4.78, 5) is 2.35. The van der Waals surface area contributed by atoms with Crippen LogP contribution in [0.4, 0.5) is 0 Å². The van der Waals surface area contributed by atoms with Crippen LogP contribution in [0.5, 0.6) is 0 Å². The molecule has 0 radical (unpaired) electrons. The SMILES string of the molecule is Cc1cc(-c2nnc(CCNC(C)(C)C)o2)sc1C. The summed E-state index contributed by atoms with van der Waals surface area (Å²) in [6.45, 7) is 11.5. The first-order valence-corrected chi connectivity index (χ1v) is 7.31. The molecule has 19 heavy (non-hydrogen) atoms. The van der Waals surface area contributed by atoms with Crippen LogP contribution in [-0.4, -0.2) is 22.3 Å². The van der Waals surface area contributed by atoms with E-state index in [2.05, 4.69) is 56.2 Å². The van der Waals surface area contributed by atoms with Crippen molar-refractivity contribution in [2.24, 2.45) is 0 Å². The van der Waals surface area contributed by atoms with Gasteiger partial charge in [0.2, 0.25) is 5.89 Å². The molecule has 4 nitrogen and oxygen atoms in total. The molecule has 0 fully saturated rings. The molecule has 2 aromatic heterocycles. The molecular weight excluding hydrogens is 258 g/mol. The number of aryl methyl sites for hydroxylation is 2. The van der Waals surface area contributed by atoms with Gasteiger partial charge in [-0.2, -0.15) is 0 Å². The molecule has 0 aliphatic heterocycles. The standard InChI is InChI=1S/C14H21N3OS/c1-9-8-11(19-10(9)2)13-17-16-12(18-13)6-7-15-14(3,4)5/h8,15H,6-7H2,1-5H3. The Hall–Kier alpha value is -1.20. The molecule has 0 aliphatic carbocycles. The highest BCUT2D eigenvalue weighted by Gasteiger charge is 2.13. The van der Waals surface area contributed by atoms with Gasteiger partial charge in [-0.15, -0.1) is 21.5 Å². The minimum Gasteiger partial charge on any atom is -0.420 e. The lowest BCUT2D eigenvalue weighted by atomic mass is 10.1. The monoisotopic (exact) mass is 279 g/mol. The van der Waals surface area contributed by atoms with Gasteiger partial charge in [-0.05, 0) is 46.2 Å². The minimum atomic E-state index is 0.116. The van der Waals surface area contributed by atoms with Crippen LogP contribution in [0.25, 0.3) is 10.8 Å². The average Bonchev–Trinajstić information content (AvgIpc) is 2.85. The summed E-state index contributed by atoms with van der Waals surface area (Å²) in [6, 6.07) is 2.10. The molecule has 5 heteroatoms. The van der Waals surface area contributed by atoms with Crippen molar-refractivity contribution in [3.05, 3.63) is 22.4 Å². The lowest BCUT2D eigenvalue weighted by Crippen LogP contribution is -2.37. The summed E-state index contributed by atoms with van der Waals surface area (Å²) < 4.78 is 5.70. The molecular formula is C14H21N3OS. The zero-order chi connectivity index (χ0) is 14.0. The van der Waals surface area contributed by atoms with E-state index in [1.54, 1.807) is 11.3 Å². The van der Waals surface area contributed by atoms with E-state index in [9.17, 15) is 0 Å². The van der Waals surface area contributed by atoms with Crippen LogP contribution in [0.15, 0.2) is 10.5 Å². The Labute approximate surface area is 118 Å². The first-order chi connectivity index (χ1) is 8.85. The van der Waals surface area contributed by atoms with Gasteiger partial charge < -0.3 is 9.73 Å². The summed E-state index contributed by atoms with van der Waals surface area (Å²) in [5.41, 5.74) is 1.39. The first-order valence-electron chi connectivity index (χ1n) is 6.50. The van der Waals surface area contributed by atoms with Crippen molar-refractivity contribution < 1.29 is 4.42 Å². The summed E-state index contributed by atoms with van der Waals surface area (Å²) >= 11 is 1.70. The molecule has 0 bridgehead atoms. The summed E-state index contributed by atoms with van der Waals surface area (Å²) in [7, 11) is 0. The number of aromatic nitrogens is 2. The molecule has 0 aromatic carbocycles.